The van der Waals surface area contributed by atoms with Gasteiger partial charge in [0.2, 0.25) is 0 Å². The Hall–Kier alpha value is -2.27. The van der Waals surface area contributed by atoms with Crippen LogP contribution in [-0.2, 0) is 23.9 Å². The molecule has 8 nitrogen and oxygen atoms in total. The van der Waals surface area contributed by atoms with Crippen LogP contribution in [0.15, 0.2) is 12.2 Å². The maximum absolute atomic E-state index is 11.8. The van der Waals surface area contributed by atoms with Crippen LogP contribution in [0.2, 0.25) is 0 Å². The lowest BCUT2D eigenvalue weighted by Crippen LogP contribution is -2.39. The van der Waals surface area contributed by atoms with Crippen LogP contribution in [0.1, 0.15) is 66.7 Å². The summed E-state index contributed by atoms with van der Waals surface area (Å²) in [5.41, 5.74) is -0.403. The van der Waals surface area contributed by atoms with Gasteiger partial charge >= 0.3 is 18.4 Å². The lowest BCUT2D eigenvalue weighted by atomic mass is 10.1. The Morgan fingerprint density at radius 2 is 1.67 bits per heavy atom. The summed E-state index contributed by atoms with van der Waals surface area (Å²) in [6, 6.07) is 1.13. The van der Waals surface area contributed by atoms with Crippen LogP contribution >= 0.6 is 0 Å². The van der Waals surface area contributed by atoms with Crippen molar-refractivity contribution in [3.63, 3.8) is 0 Å². The minimum atomic E-state index is -0.403. The van der Waals surface area contributed by atoms with Crippen LogP contribution in [0.5, 0.6) is 0 Å². The Bertz CT molecular complexity index is 583. The fourth-order valence-corrected chi connectivity index (χ4v) is 3.75. The molecule has 1 saturated carbocycles. The molecule has 8 heteroatoms. The third-order valence-corrected chi connectivity index (χ3v) is 5.13. The number of hydrogen-bond donors (Lipinski definition) is 1. The zero-order chi connectivity index (χ0) is 23.2. The number of ether oxygens (including phenoxy) is 1. The van der Waals surface area contributed by atoms with E-state index >= 15 is 0 Å². The topological polar surface area (TPSA) is 110 Å². The predicted molar refractivity (Wildman–Crippen MR) is 109 cm³/mol. The number of carbonyl (C=O) groups excluding carboxylic acids is 5. The van der Waals surface area contributed by atoms with Crippen LogP contribution < -0.4 is 5.32 Å². The normalized spacial score (nSPS) is 26.6. The van der Waals surface area contributed by atoms with Crippen LogP contribution in [-0.4, -0.2) is 54.1 Å². The Morgan fingerprint density at radius 3 is 2.07 bits per heavy atom. The lowest BCUT2D eigenvalue weighted by Gasteiger charge is -2.27. The largest absolute Gasteiger partial charge is 0.444 e. The molecule has 3 aliphatic rings. The van der Waals surface area contributed by atoms with Gasteiger partial charge in [0.15, 0.2) is 0 Å². The number of nitrogens with zero attached hydrogens (tertiary/aromatic N) is 1. The second-order valence-corrected chi connectivity index (χ2v) is 8.66. The maximum atomic E-state index is 11.8. The molecule has 3 rings (SSSR count). The summed E-state index contributed by atoms with van der Waals surface area (Å²) in [4.78, 5) is 46.1. The van der Waals surface area contributed by atoms with Crippen LogP contribution in [0.4, 0.5) is 4.79 Å². The Labute approximate surface area is 179 Å². The fourth-order valence-electron chi connectivity index (χ4n) is 3.75. The molecular formula is C22H36N2O6. The van der Waals surface area contributed by atoms with Gasteiger partial charge in [0.05, 0.1) is 6.04 Å². The molecule has 2 unspecified atom stereocenters. The Kier molecular flexibility index (Phi) is 13.6. The van der Waals surface area contributed by atoms with Gasteiger partial charge in [-0.2, -0.15) is 19.2 Å². The van der Waals surface area contributed by atoms with Crippen LogP contribution in [0.25, 0.3) is 0 Å². The first kappa shape index (κ1) is 27.7. The molecule has 1 aliphatic carbocycles. The maximum Gasteiger partial charge on any atom is 0.410 e. The number of allylic oxidation sites excluding steroid dienone is 1. The zero-order valence-corrected chi connectivity index (χ0v) is 18.8. The lowest BCUT2D eigenvalue weighted by molar-refractivity contribution is -0.193. The monoisotopic (exact) mass is 424 g/mol. The summed E-state index contributed by atoms with van der Waals surface area (Å²) in [7, 11) is 0. The molecule has 3 fully saturated rings. The van der Waals surface area contributed by atoms with Crippen molar-refractivity contribution in [2.75, 3.05) is 13.1 Å². The van der Waals surface area contributed by atoms with E-state index in [2.05, 4.69) is 18.3 Å². The molecule has 170 valence electrons. The van der Waals surface area contributed by atoms with Crippen molar-refractivity contribution in [1.29, 1.82) is 0 Å². The van der Waals surface area contributed by atoms with E-state index in [1.165, 1.54) is 25.8 Å². The second-order valence-electron chi connectivity index (χ2n) is 8.66. The van der Waals surface area contributed by atoms with E-state index in [-0.39, 0.29) is 24.4 Å². The Balaban J connectivity index is 0.000000471. The molecule has 2 heterocycles. The highest BCUT2D eigenvalue weighted by molar-refractivity contribution is 5.69. The SMILES string of the molecule is C/C=C/[C@@H]1CCCN1C(=O)OC(C)(C)C.CC1CC1[C@@H]1CCCN1.O=C=O.O=C=O. The van der Waals surface area contributed by atoms with E-state index in [4.69, 9.17) is 23.9 Å². The van der Waals surface area contributed by atoms with Gasteiger partial charge < -0.3 is 15.0 Å². The van der Waals surface area contributed by atoms with Crippen LogP contribution in [0.3, 0.4) is 0 Å². The van der Waals surface area contributed by atoms with Gasteiger partial charge in [-0.25, -0.2) is 4.79 Å². The third kappa shape index (κ3) is 11.7. The zero-order valence-electron chi connectivity index (χ0n) is 18.8. The van der Waals surface area contributed by atoms with Gasteiger partial charge in [-0.1, -0.05) is 19.1 Å². The molecule has 0 aromatic carbocycles. The molecule has 0 aromatic rings. The number of carbonyl (C=O) groups is 1. The van der Waals surface area contributed by atoms with Gasteiger partial charge in [-0.15, -0.1) is 0 Å². The van der Waals surface area contributed by atoms with E-state index in [1.807, 2.05) is 38.7 Å². The van der Waals surface area contributed by atoms with Crippen molar-refractivity contribution >= 4 is 18.4 Å². The summed E-state index contributed by atoms with van der Waals surface area (Å²) >= 11 is 0. The molecule has 30 heavy (non-hydrogen) atoms. The first-order valence-corrected chi connectivity index (χ1v) is 10.5. The summed E-state index contributed by atoms with van der Waals surface area (Å²) in [5, 5.41) is 3.55. The molecule has 0 spiro atoms. The van der Waals surface area contributed by atoms with E-state index in [9.17, 15) is 4.79 Å². The van der Waals surface area contributed by atoms with Crippen LogP contribution in [0, 0.1) is 11.8 Å². The number of nitrogens with one attached hydrogen (secondary N) is 1. The minimum absolute atomic E-state index is 0.192. The van der Waals surface area contributed by atoms with Crippen molar-refractivity contribution in [2.24, 2.45) is 11.8 Å². The molecule has 0 bridgehead atoms. The summed E-state index contributed by atoms with van der Waals surface area (Å²) in [5.74, 6) is 2.08. The van der Waals surface area contributed by atoms with Crippen molar-refractivity contribution in [3.05, 3.63) is 12.2 Å². The summed E-state index contributed by atoms with van der Waals surface area (Å²) in [6.45, 7) is 12.1. The van der Waals surface area contributed by atoms with E-state index < -0.39 is 5.60 Å². The predicted octanol–water partition coefficient (Wildman–Crippen LogP) is 3.19. The van der Waals surface area contributed by atoms with Crippen molar-refractivity contribution in [2.45, 2.75) is 84.4 Å². The molecule has 2 saturated heterocycles. The second kappa shape index (κ2) is 14.7. The molecular weight excluding hydrogens is 388 g/mol. The highest BCUT2D eigenvalue weighted by atomic mass is 16.6. The summed E-state index contributed by atoms with van der Waals surface area (Å²) < 4.78 is 5.35. The number of hydrogen-bond acceptors (Lipinski definition) is 7. The first-order valence-electron chi connectivity index (χ1n) is 10.5. The molecule has 1 N–H and O–H groups in total. The standard InChI is InChI=1S/C12H21NO2.C8H15N.2CO2/c1-5-7-10-8-6-9-13(10)11(14)15-12(2,3)4;1-6-5-7(6)8-3-2-4-9-8;2*2-1-3/h5,7,10H,6,8-9H2,1-4H3;6-9H,2-5H2,1H3;;/b7-5+;;;/t10-;6?,7?,8-;;/m10../s1. The van der Waals surface area contributed by atoms with Crippen molar-refractivity contribution < 1.29 is 28.7 Å². The smallest absolute Gasteiger partial charge is 0.410 e. The molecule has 0 radical (unpaired) electrons. The number of amides is 1. The molecule has 2 aliphatic heterocycles. The van der Waals surface area contributed by atoms with E-state index in [0.717, 1.165) is 37.3 Å². The van der Waals surface area contributed by atoms with Gasteiger partial charge in [0.25, 0.3) is 0 Å². The average Bonchev–Trinajstić information content (AvgIpc) is 3.07. The van der Waals surface area contributed by atoms with Gasteiger partial charge in [0.1, 0.15) is 5.60 Å². The van der Waals surface area contributed by atoms with E-state index in [0.29, 0.717) is 0 Å². The third-order valence-electron chi connectivity index (χ3n) is 5.13. The van der Waals surface area contributed by atoms with Gasteiger partial charge in [-0.05, 0) is 78.2 Å². The average molecular weight is 425 g/mol. The van der Waals surface area contributed by atoms with E-state index in [1.54, 1.807) is 0 Å². The Morgan fingerprint density at radius 1 is 1.10 bits per heavy atom. The summed E-state index contributed by atoms with van der Waals surface area (Å²) in [6.07, 6.45) is 10.8. The first-order chi connectivity index (χ1) is 14.1. The minimum Gasteiger partial charge on any atom is -0.444 e. The quantitative estimate of drug-likeness (QED) is 0.678. The molecule has 0 aromatic heterocycles. The highest BCUT2D eigenvalue weighted by Crippen LogP contribution is 2.42. The van der Waals surface area contributed by atoms with Gasteiger partial charge in [0, 0.05) is 12.6 Å². The van der Waals surface area contributed by atoms with Crippen molar-refractivity contribution in [1.82, 2.24) is 10.2 Å². The number of rotatable bonds is 2. The number of likely N-dealkylation sites (tertiary alicyclic amines) is 1. The molecule has 1 amide bonds. The fraction of sp³-hybridized carbons (Fsp3) is 0.773. The highest BCUT2D eigenvalue weighted by Gasteiger charge is 2.40. The van der Waals surface area contributed by atoms with Crippen molar-refractivity contribution in [3.8, 4) is 0 Å². The van der Waals surface area contributed by atoms with Gasteiger partial charge in [-0.3, -0.25) is 0 Å². The molecule has 4 atom stereocenters.